The van der Waals surface area contributed by atoms with Crippen LogP contribution in [-0.2, 0) is 9.53 Å². The Morgan fingerprint density at radius 3 is 2.91 bits per heavy atom. The molecule has 0 aliphatic carbocycles. The summed E-state index contributed by atoms with van der Waals surface area (Å²) in [7, 11) is 0. The molecule has 5 nitrogen and oxygen atoms in total. The first-order valence-corrected chi connectivity index (χ1v) is 8.93. The Labute approximate surface area is 144 Å². The average Bonchev–Trinajstić information content (AvgIpc) is 2.81. The summed E-state index contributed by atoms with van der Waals surface area (Å²) in [5.74, 6) is 0.234. The lowest BCUT2D eigenvalue weighted by molar-refractivity contribution is -0.144. The highest BCUT2D eigenvalue weighted by Gasteiger charge is 2.52. The van der Waals surface area contributed by atoms with Gasteiger partial charge >= 0.3 is 0 Å². The Bertz CT molecular complexity index is 565. The highest BCUT2D eigenvalue weighted by molar-refractivity contribution is 9.10. The minimum Gasteiger partial charge on any atom is -0.377 e. The van der Waals surface area contributed by atoms with E-state index in [0.717, 1.165) is 0 Å². The number of pyridine rings is 1. The van der Waals surface area contributed by atoms with Crippen LogP contribution in [0.3, 0.4) is 0 Å². The van der Waals surface area contributed by atoms with Gasteiger partial charge < -0.3 is 10.1 Å². The second-order valence-corrected chi connectivity index (χ2v) is 7.06. The molecule has 120 valence electrons. The molecule has 2 fully saturated rings. The van der Waals surface area contributed by atoms with Crippen LogP contribution in [-0.4, -0.2) is 58.6 Å². The maximum atomic E-state index is 13.9. The van der Waals surface area contributed by atoms with Crippen molar-refractivity contribution in [1.82, 2.24) is 9.88 Å². The van der Waals surface area contributed by atoms with Crippen LogP contribution in [0.5, 0.6) is 0 Å². The summed E-state index contributed by atoms with van der Waals surface area (Å²) in [5, 5.41) is 3.43. The van der Waals surface area contributed by atoms with Gasteiger partial charge in [-0.15, -0.1) is 0 Å². The lowest BCUT2D eigenvalue weighted by Gasteiger charge is -2.48. The van der Waals surface area contributed by atoms with Crippen molar-refractivity contribution in [2.75, 3.05) is 30.4 Å². The van der Waals surface area contributed by atoms with E-state index in [1.807, 2.05) is 4.90 Å². The standard InChI is InChI=1S/C14H16Br2FN3O2/c15-6-14(7-22-8-14)20-5-9(17)4-10(20)13(21)19-12-3-1-2-11(16)18-12/h1-3,9-10H,4-8H2,(H,18,19,21)/t9-,10+/m1/s1. The van der Waals surface area contributed by atoms with Crippen molar-refractivity contribution in [3.63, 3.8) is 0 Å². The van der Waals surface area contributed by atoms with Gasteiger partial charge in [0.25, 0.3) is 0 Å². The molecule has 8 heteroatoms. The fourth-order valence-corrected chi connectivity index (χ4v) is 3.89. The topological polar surface area (TPSA) is 54.5 Å². The summed E-state index contributed by atoms with van der Waals surface area (Å²) >= 11 is 6.74. The first kappa shape index (κ1) is 16.3. The third-order valence-corrected chi connectivity index (χ3v) is 5.60. The minimum atomic E-state index is -0.997. The van der Waals surface area contributed by atoms with E-state index in [0.29, 0.717) is 29.0 Å². The number of halogens is 3. The minimum absolute atomic E-state index is 0.203. The number of nitrogens with one attached hydrogen (secondary N) is 1. The van der Waals surface area contributed by atoms with Crippen LogP contribution < -0.4 is 5.32 Å². The van der Waals surface area contributed by atoms with Crippen LogP contribution in [0.15, 0.2) is 22.8 Å². The number of likely N-dealkylation sites (tertiary alicyclic amines) is 1. The molecule has 1 aromatic rings. The van der Waals surface area contributed by atoms with Crippen molar-refractivity contribution in [2.24, 2.45) is 0 Å². The van der Waals surface area contributed by atoms with Crippen molar-refractivity contribution >= 4 is 43.6 Å². The number of carbonyl (C=O) groups is 1. The van der Waals surface area contributed by atoms with Crippen molar-refractivity contribution in [3.05, 3.63) is 22.8 Å². The molecular formula is C14H16Br2FN3O2. The number of rotatable bonds is 4. The summed E-state index contributed by atoms with van der Waals surface area (Å²) < 4.78 is 19.8. The van der Waals surface area contributed by atoms with Gasteiger partial charge in [0.1, 0.15) is 16.6 Å². The van der Waals surface area contributed by atoms with Crippen LogP contribution in [0.2, 0.25) is 0 Å². The molecule has 0 bridgehead atoms. The molecular weight excluding hydrogens is 421 g/mol. The van der Waals surface area contributed by atoms with Crippen molar-refractivity contribution in [2.45, 2.75) is 24.2 Å². The lowest BCUT2D eigenvalue weighted by atomic mass is 9.96. The lowest BCUT2D eigenvalue weighted by Crippen LogP contribution is -2.66. The van der Waals surface area contributed by atoms with Crippen LogP contribution in [0, 0.1) is 0 Å². The normalized spacial score (nSPS) is 27.4. The molecule has 2 saturated heterocycles. The van der Waals surface area contributed by atoms with Gasteiger partial charge in [0, 0.05) is 18.3 Å². The molecule has 22 heavy (non-hydrogen) atoms. The van der Waals surface area contributed by atoms with Crippen LogP contribution >= 0.6 is 31.9 Å². The highest BCUT2D eigenvalue weighted by Crippen LogP contribution is 2.35. The molecule has 2 atom stereocenters. The number of aromatic nitrogens is 1. The van der Waals surface area contributed by atoms with Gasteiger partial charge in [0.05, 0.1) is 24.8 Å². The number of amides is 1. The Hall–Kier alpha value is -0.570. The Balaban J connectivity index is 1.75. The fourth-order valence-electron chi connectivity index (χ4n) is 2.90. The van der Waals surface area contributed by atoms with Crippen LogP contribution in [0.1, 0.15) is 6.42 Å². The summed E-state index contributed by atoms with van der Waals surface area (Å²) in [6.07, 6.45) is -0.794. The molecule has 0 spiro atoms. The smallest absolute Gasteiger partial charge is 0.243 e. The van der Waals surface area contributed by atoms with Crippen molar-refractivity contribution < 1.29 is 13.9 Å². The van der Waals surface area contributed by atoms with Crippen LogP contribution in [0.25, 0.3) is 0 Å². The number of alkyl halides is 2. The molecule has 3 heterocycles. The van der Waals surface area contributed by atoms with E-state index in [1.54, 1.807) is 18.2 Å². The zero-order valence-electron chi connectivity index (χ0n) is 11.8. The zero-order chi connectivity index (χ0) is 15.7. The zero-order valence-corrected chi connectivity index (χ0v) is 14.9. The molecule has 2 aliphatic rings. The van der Waals surface area contributed by atoms with Gasteiger partial charge in [-0.2, -0.15) is 0 Å². The van der Waals surface area contributed by atoms with E-state index in [2.05, 4.69) is 42.2 Å². The van der Waals surface area contributed by atoms with Gasteiger partial charge in [0.2, 0.25) is 5.91 Å². The molecule has 1 N–H and O–H groups in total. The molecule has 0 unspecified atom stereocenters. The van der Waals surface area contributed by atoms with E-state index in [-0.39, 0.29) is 24.4 Å². The van der Waals surface area contributed by atoms with Gasteiger partial charge in [-0.25, -0.2) is 9.37 Å². The molecule has 0 radical (unpaired) electrons. The van der Waals surface area contributed by atoms with E-state index in [9.17, 15) is 9.18 Å². The Morgan fingerprint density at radius 2 is 2.32 bits per heavy atom. The molecule has 1 amide bonds. The molecule has 1 aromatic heterocycles. The van der Waals surface area contributed by atoms with Crippen LogP contribution in [0.4, 0.5) is 10.2 Å². The number of ether oxygens (including phenoxy) is 1. The quantitative estimate of drug-likeness (QED) is 0.581. The Kier molecular flexibility index (Phi) is 4.82. The first-order valence-electron chi connectivity index (χ1n) is 7.02. The number of hydrogen-bond acceptors (Lipinski definition) is 4. The number of hydrogen-bond donors (Lipinski definition) is 1. The summed E-state index contributed by atoms with van der Waals surface area (Å²) in [6, 6.07) is 4.77. The van der Waals surface area contributed by atoms with E-state index in [4.69, 9.17) is 4.74 Å². The predicted molar refractivity (Wildman–Crippen MR) is 87.9 cm³/mol. The maximum Gasteiger partial charge on any atom is 0.243 e. The fraction of sp³-hybridized carbons (Fsp3) is 0.571. The Morgan fingerprint density at radius 1 is 1.55 bits per heavy atom. The van der Waals surface area contributed by atoms with Gasteiger partial charge in [-0.1, -0.05) is 22.0 Å². The second kappa shape index (κ2) is 6.51. The third-order valence-electron chi connectivity index (χ3n) is 4.12. The van der Waals surface area contributed by atoms with Gasteiger partial charge in [0.15, 0.2) is 0 Å². The second-order valence-electron chi connectivity index (χ2n) is 5.69. The molecule has 2 aliphatic heterocycles. The van der Waals surface area contributed by atoms with Gasteiger partial charge in [-0.3, -0.25) is 9.69 Å². The van der Waals surface area contributed by atoms with E-state index >= 15 is 0 Å². The SMILES string of the molecule is O=C(Nc1cccc(Br)n1)[C@@H]1C[C@@H](F)CN1C1(CBr)COC1. The number of anilines is 1. The van der Waals surface area contributed by atoms with Crippen molar-refractivity contribution in [1.29, 1.82) is 0 Å². The summed E-state index contributed by atoms with van der Waals surface area (Å²) in [6.45, 7) is 1.30. The molecule has 3 rings (SSSR count). The van der Waals surface area contributed by atoms with E-state index < -0.39 is 12.2 Å². The first-order chi connectivity index (χ1) is 10.5. The number of carbonyl (C=O) groups excluding carboxylic acids is 1. The molecule has 0 aromatic carbocycles. The third kappa shape index (κ3) is 3.06. The maximum absolute atomic E-state index is 13.9. The van der Waals surface area contributed by atoms with Crippen molar-refractivity contribution in [3.8, 4) is 0 Å². The predicted octanol–water partition coefficient (Wildman–Crippen LogP) is 2.36. The largest absolute Gasteiger partial charge is 0.377 e. The molecule has 0 saturated carbocycles. The monoisotopic (exact) mass is 435 g/mol. The number of nitrogens with zero attached hydrogens (tertiary/aromatic N) is 2. The summed E-state index contributed by atoms with van der Waals surface area (Å²) in [5.41, 5.74) is -0.284. The van der Waals surface area contributed by atoms with E-state index in [1.165, 1.54) is 0 Å². The summed E-state index contributed by atoms with van der Waals surface area (Å²) in [4.78, 5) is 18.7. The van der Waals surface area contributed by atoms with Gasteiger partial charge in [-0.05, 0) is 28.1 Å². The average molecular weight is 437 g/mol. The highest BCUT2D eigenvalue weighted by atomic mass is 79.9.